The Kier molecular flexibility index (Phi) is 3.37. The Morgan fingerprint density at radius 2 is 2.18 bits per heavy atom. The molecule has 22 heavy (non-hydrogen) atoms. The number of aromatic carboxylic acids is 1. The summed E-state index contributed by atoms with van der Waals surface area (Å²) in [5, 5.41) is 9.42. The number of aromatic nitrogens is 2. The first-order chi connectivity index (χ1) is 10.4. The summed E-state index contributed by atoms with van der Waals surface area (Å²) in [4.78, 5) is 32.9. The second-order valence-electron chi connectivity index (χ2n) is 5.74. The number of carboxylic acid groups (broad SMARTS) is 1. The van der Waals surface area contributed by atoms with Crippen LogP contribution in [0.15, 0.2) is 11.0 Å². The lowest BCUT2D eigenvalue weighted by molar-refractivity contribution is 0.0695. The fraction of sp³-hybridized carbons (Fsp3) is 0.400. The summed E-state index contributed by atoms with van der Waals surface area (Å²) < 4.78 is 0. The Bertz CT molecular complexity index is 828. The van der Waals surface area contributed by atoms with Crippen molar-refractivity contribution >= 4 is 22.8 Å². The van der Waals surface area contributed by atoms with E-state index in [4.69, 9.17) is 10.8 Å². The van der Waals surface area contributed by atoms with Gasteiger partial charge < -0.3 is 20.7 Å². The zero-order valence-electron chi connectivity index (χ0n) is 12.5. The highest BCUT2D eigenvalue weighted by Gasteiger charge is 2.24. The van der Waals surface area contributed by atoms with Crippen LogP contribution in [0.2, 0.25) is 0 Å². The number of aromatic amines is 1. The van der Waals surface area contributed by atoms with Crippen LogP contribution in [0, 0.1) is 13.8 Å². The van der Waals surface area contributed by atoms with E-state index in [2.05, 4.69) is 14.9 Å². The average Bonchev–Trinajstić information content (AvgIpc) is 2.88. The topological polar surface area (TPSA) is 112 Å². The first-order valence-electron chi connectivity index (χ1n) is 7.16. The van der Waals surface area contributed by atoms with Crippen LogP contribution in [0.5, 0.6) is 0 Å². The molecule has 0 bridgehead atoms. The number of nitrogens with two attached hydrogens (primary N) is 1. The van der Waals surface area contributed by atoms with E-state index in [1.54, 1.807) is 0 Å². The SMILES string of the molecule is Cc1c(N2CCC(N)C2)nc2[nH]cc(C(=O)O)c(=O)c2c1C. The number of rotatable bonds is 2. The van der Waals surface area contributed by atoms with Gasteiger partial charge >= 0.3 is 5.97 Å². The maximum absolute atomic E-state index is 12.4. The summed E-state index contributed by atoms with van der Waals surface area (Å²) >= 11 is 0. The van der Waals surface area contributed by atoms with E-state index in [1.165, 1.54) is 6.20 Å². The molecule has 0 amide bonds. The molecule has 1 unspecified atom stereocenters. The summed E-state index contributed by atoms with van der Waals surface area (Å²) in [6.45, 7) is 5.28. The van der Waals surface area contributed by atoms with Gasteiger partial charge in [0.05, 0.1) is 5.39 Å². The number of carbonyl (C=O) groups is 1. The third-order valence-electron chi connectivity index (χ3n) is 4.31. The van der Waals surface area contributed by atoms with Gasteiger partial charge in [-0.2, -0.15) is 0 Å². The molecule has 0 spiro atoms. The lowest BCUT2D eigenvalue weighted by atomic mass is 10.0. The molecule has 3 heterocycles. The number of hydrogen-bond donors (Lipinski definition) is 3. The molecular weight excluding hydrogens is 284 g/mol. The van der Waals surface area contributed by atoms with Gasteiger partial charge in [0.25, 0.3) is 0 Å². The minimum Gasteiger partial charge on any atom is -0.477 e. The Morgan fingerprint density at radius 1 is 1.45 bits per heavy atom. The number of pyridine rings is 2. The molecule has 0 aliphatic carbocycles. The monoisotopic (exact) mass is 302 g/mol. The molecule has 2 aromatic heterocycles. The van der Waals surface area contributed by atoms with Gasteiger partial charge in [-0.05, 0) is 31.4 Å². The molecule has 0 saturated carbocycles. The van der Waals surface area contributed by atoms with Crippen LogP contribution in [0.1, 0.15) is 27.9 Å². The van der Waals surface area contributed by atoms with E-state index < -0.39 is 11.4 Å². The van der Waals surface area contributed by atoms with Gasteiger partial charge in [0.1, 0.15) is 17.0 Å². The Labute approximate surface area is 126 Å². The van der Waals surface area contributed by atoms with Gasteiger partial charge in [0, 0.05) is 25.3 Å². The molecule has 1 saturated heterocycles. The van der Waals surface area contributed by atoms with Crippen molar-refractivity contribution in [3.63, 3.8) is 0 Å². The highest BCUT2D eigenvalue weighted by molar-refractivity contribution is 5.93. The Balaban J connectivity index is 2.24. The zero-order valence-corrected chi connectivity index (χ0v) is 12.5. The van der Waals surface area contributed by atoms with Crippen molar-refractivity contribution in [3.05, 3.63) is 33.1 Å². The molecule has 4 N–H and O–H groups in total. The lowest BCUT2D eigenvalue weighted by Gasteiger charge is -2.21. The van der Waals surface area contributed by atoms with Crippen molar-refractivity contribution in [3.8, 4) is 0 Å². The molecule has 1 atom stereocenters. The first-order valence-corrected chi connectivity index (χ1v) is 7.16. The van der Waals surface area contributed by atoms with Crippen molar-refractivity contribution in [1.29, 1.82) is 0 Å². The Hall–Kier alpha value is -2.41. The number of carboxylic acids is 1. The van der Waals surface area contributed by atoms with Gasteiger partial charge in [0.2, 0.25) is 5.43 Å². The minimum absolute atomic E-state index is 0.130. The van der Waals surface area contributed by atoms with E-state index in [0.29, 0.717) is 11.0 Å². The summed E-state index contributed by atoms with van der Waals surface area (Å²) in [7, 11) is 0. The van der Waals surface area contributed by atoms with Crippen LogP contribution in [0.3, 0.4) is 0 Å². The highest BCUT2D eigenvalue weighted by atomic mass is 16.4. The van der Waals surface area contributed by atoms with Crippen LogP contribution in [-0.4, -0.2) is 40.2 Å². The number of aryl methyl sites for hydroxylation is 1. The summed E-state index contributed by atoms with van der Waals surface area (Å²) in [5.74, 6) is -0.438. The number of hydrogen-bond acceptors (Lipinski definition) is 5. The van der Waals surface area contributed by atoms with Gasteiger partial charge in [-0.15, -0.1) is 0 Å². The molecule has 7 heteroatoms. The number of H-pyrrole nitrogens is 1. The van der Waals surface area contributed by atoms with E-state index in [9.17, 15) is 9.59 Å². The van der Waals surface area contributed by atoms with Crippen LogP contribution in [-0.2, 0) is 0 Å². The van der Waals surface area contributed by atoms with Crippen LogP contribution < -0.4 is 16.1 Å². The van der Waals surface area contributed by atoms with Gasteiger partial charge in [-0.25, -0.2) is 9.78 Å². The van der Waals surface area contributed by atoms with Crippen molar-refractivity contribution in [2.75, 3.05) is 18.0 Å². The number of fused-ring (bicyclic) bond motifs is 1. The molecule has 1 aliphatic rings. The third-order valence-corrected chi connectivity index (χ3v) is 4.31. The third kappa shape index (κ3) is 2.14. The van der Waals surface area contributed by atoms with Crippen molar-refractivity contribution in [2.24, 2.45) is 5.73 Å². The fourth-order valence-electron chi connectivity index (χ4n) is 2.95. The second-order valence-corrected chi connectivity index (χ2v) is 5.74. The fourth-order valence-corrected chi connectivity index (χ4v) is 2.95. The van der Waals surface area contributed by atoms with Crippen LogP contribution in [0.25, 0.3) is 11.0 Å². The molecule has 1 fully saturated rings. The lowest BCUT2D eigenvalue weighted by Crippen LogP contribution is -2.28. The quantitative estimate of drug-likeness (QED) is 0.755. The largest absolute Gasteiger partial charge is 0.477 e. The second kappa shape index (κ2) is 5.10. The zero-order chi connectivity index (χ0) is 16.0. The number of nitrogens with zero attached hydrogens (tertiary/aromatic N) is 2. The van der Waals surface area contributed by atoms with Gasteiger partial charge in [-0.1, -0.05) is 0 Å². The normalized spacial score (nSPS) is 18.1. The van der Waals surface area contributed by atoms with E-state index in [0.717, 1.165) is 36.5 Å². The van der Waals surface area contributed by atoms with Gasteiger partial charge in [-0.3, -0.25) is 4.79 Å². The van der Waals surface area contributed by atoms with E-state index in [1.807, 2.05) is 13.8 Å². The molecule has 1 aliphatic heterocycles. The van der Waals surface area contributed by atoms with Crippen molar-refractivity contribution in [1.82, 2.24) is 9.97 Å². The molecule has 2 aromatic rings. The molecule has 0 radical (unpaired) electrons. The van der Waals surface area contributed by atoms with Gasteiger partial charge in [0.15, 0.2) is 0 Å². The Morgan fingerprint density at radius 3 is 2.77 bits per heavy atom. The average molecular weight is 302 g/mol. The molecule has 0 aromatic carbocycles. The summed E-state index contributed by atoms with van der Waals surface area (Å²) in [5.41, 5.74) is 7.23. The predicted octanol–water partition coefficient (Wildman–Crippen LogP) is 0.776. The number of anilines is 1. The first kappa shape index (κ1) is 14.5. The van der Waals surface area contributed by atoms with E-state index in [-0.39, 0.29) is 11.6 Å². The summed E-state index contributed by atoms with van der Waals surface area (Å²) in [6.07, 6.45) is 2.11. The molecule has 116 valence electrons. The standard InChI is InChI=1S/C15H18N4O3/c1-7-8(2)14(19-4-3-9(16)6-19)18-13-11(7)12(20)10(5-17-13)15(21)22/h5,9H,3-4,6,16H2,1-2H3,(H,21,22)(H,17,18,20). The highest BCUT2D eigenvalue weighted by Crippen LogP contribution is 2.27. The maximum atomic E-state index is 12.4. The van der Waals surface area contributed by atoms with Crippen molar-refractivity contribution < 1.29 is 9.90 Å². The molecular formula is C15H18N4O3. The minimum atomic E-state index is -1.24. The maximum Gasteiger partial charge on any atom is 0.341 e. The van der Waals surface area contributed by atoms with E-state index >= 15 is 0 Å². The molecule has 7 nitrogen and oxygen atoms in total. The molecule has 3 rings (SSSR count). The number of nitrogens with one attached hydrogen (secondary N) is 1. The van der Waals surface area contributed by atoms with Crippen LogP contribution >= 0.6 is 0 Å². The van der Waals surface area contributed by atoms with Crippen LogP contribution in [0.4, 0.5) is 5.82 Å². The summed E-state index contributed by atoms with van der Waals surface area (Å²) in [6, 6.07) is 0.130. The van der Waals surface area contributed by atoms with Crippen molar-refractivity contribution in [2.45, 2.75) is 26.3 Å². The predicted molar refractivity (Wildman–Crippen MR) is 83.6 cm³/mol. The smallest absolute Gasteiger partial charge is 0.341 e.